The lowest BCUT2D eigenvalue weighted by Crippen LogP contribution is -2.41. The minimum atomic E-state index is -4.01. The minimum Gasteiger partial charge on any atom is -0.480 e. The normalized spacial score (nSPS) is 12.3. The first-order valence-electron chi connectivity index (χ1n) is 10.4. The largest absolute Gasteiger partial charge is 0.480 e. The molecule has 0 spiro atoms. The lowest BCUT2D eigenvalue weighted by atomic mass is 10.1. The minimum absolute atomic E-state index is 0.0422. The third-order valence-corrected chi connectivity index (χ3v) is 6.54. The molecule has 3 rings (SSSR count). The van der Waals surface area contributed by atoms with Crippen LogP contribution in [0.3, 0.4) is 0 Å². The van der Waals surface area contributed by atoms with Crippen molar-refractivity contribution in [2.24, 2.45) is 0 Å². The molecule has 3 N–H and O–H groups in total. The van der Waals surface area contributed by atoms with E-state index in [1.54, 1.807) is 24.3 Å². The molecule has 0 saturated heterocycles. The zero-order valence-electron chi connectivity index (χ0n) is 17.8. The van der Waals surface area contributed by atoms with Gasteiger partial charge in [-0.25, -0.2) is 8.42 Å². The number of carboxylic acid groups (broad SMARTS) is 1. The molecule has 1 atom stereocenters. The fraction of sp³-hybridized carbons (Fsp3) is 0.208. The Labute approximate surface area is 198 Å². The maximum atomic E-state index is 12.7. The second-order valence-corrected chi connectivity index (χ2v) is 9.49. The standard InChI is InChI=1S/C24H25ClN2O5S/c25-19-8-10-20(11-9-19)32-21-12-14-22(15-13-21)33(30,31)27-23(24(28)29)7-4-16-26-17-18-5-2-1-3-6-18/h1-3,5-6,8-15,23,26-27H,4,7,16-17H2,(H,28,29)/t23-/m0/s1. The molecular formula is C24H25ClN2O5S. The molecule has 3 aromatic carbocycles. The summed E-state index contributed by atoms with van der Waals surface area (Å²) in [5.74, 6) is -0.222. The molecule has 0 heterocycles. The molecule has 7 nitrogen and oxygen atoms in total. The van der Waals surface area contributed by atoms with Gasteiger partial charge < -0.3 is 15.2 Å². The molecule has 9 heteroatoms. The van der Waals surface area contributed by atoms with Crippen molar-refractivity contribution in [3.05, 3.63) is 89.4 Å². The van der Waals surface area contributed by atoms with Gasteiger partial charge in [0.15, 0.2) is 0 Å². The predicted molar refractivity (Wildman–Crippen MR) is 127 cm³/mol. The Balaban J connectivity index is 1.52. The molecule has 0 fully saturated rings. The van der Waals surface area contributed by atoms with Crippen LogP contribution in [0.4, 0.5) is 0 Å². The first-order valence-corrected chi connectivity index (χ1v) is 12.2. The number of aliphatic carboxylic acids is 1. The van der Waals surface area contributed by atoms with Crippen molar-refractivity contribution >= 4 is 27.6 Å². The number of sulfonamides is 1. The summed E-state index contributed by atoms with van der Waals surface area (Å²) in [6.07, 6.45) is 0.661. The van der Waals surface area contributed by atoms with Crippen molar-refractivity contribution in [1.29, 1.82) is 0 Å². The molecule has 0 amide bonds. The van der Waals surface area contributed by atoms with Crippen LogP contribution in [0.5, 0.6) is 11.5 Å². The molecule has 174 valence electrons. The van der Waals surface area contributed by atoms with Crippen LogP contribution in [0, 0.1) is 0 Å². The monoisotopic (exact) mass is 488 g/mol. The smallest absolute Gasteiger partial charge is 0.321 e. The van der Waals surface area contributed by atoms with Gasteiger partial charge >= 0.3 is 5.97 Å². The lowest BCUT2D eigenvalue weighted by molar-refractivity contribution is -0.139. The Bertz CT molecular complexity index is 1140. The van der Waals surface area contributed by atoms with E-state index in [9.17, 15) is 18.3 Å². The predicted octanol–water partition coefficient (Wildman–Crippen LogP) is 4.43. The van der Waals surface area contributed by atoms with E-state index in [-0.39, 0.29) is 11.3 Å². The van der Waals surface area contributed by atoms with Gasteiger partial charge in [0.2, 0.25) is 10.0 Å². The van der Waals surface area contributed by atoms with Crippen LogP contribution in [0.2, 0.25) is 5.02 Å². The van der Waals surface area contributed by atoms with Crippen LogP contribution in [0.25, 0.3) is 0 Å². The van der Waals surface area contributed by atoms with Gasteiger partial charge in [-0.1, -0.05) is 41.9 Å². The summed E-state index contributed by atoms with van der Waals surface area (Å²) in [7, 11) is -4.01. The Morgan fingerprint density at radius 3 is 2.15 bits per heavy atom. The van der Waals surface area contributed by atoms with Gasteiger partial charge in [0.25, 0.3) is 0 Å². The van der Waals surface area contributed by atoms with Crippen LogP contribution in [0.15, 0.2) is 83.8 Å². The number of hydrogen-bond acceptors (Lipinski definition) is 5. The summed E-state index contributed by atoms with van der Waals surface area (Å²) >= 11 is 5.85. The van der Waals surface area contributed by atoms with E-state index in [0.717, 1.165) is 5.56 Å². The third-order valence-electron chi connectivity index (χ3n) is 4.80. The number of hydrogen-bond donors (Lipinski definition) is 3. The summed E-state index contributed by atoms with van der Waals surface area (Å²) in [4.78, 5) is 11.6. The van der Waals surface area contributed by atoms with Gasteiger partial charge in [0, 0.05) is 11.6 Å². The van der Waals surface area contributed by atoms with E-state index >= 15 is 0 Å². The van der Waals surface area contributed by atoms with Crippen molar-refractivity contribution in [3.8, 4) is 11.5 Å². The Morgan fingerprint density at radius 2 is 1.55 bits per heavy atom. The lowest BCUT2D eigenvalue weighted by Gasteiger charge is -2.15. The van der Waals surface area contributed by atoms with Crippen molar-refractivity contribution in [2.45, 2.75) is 30.3 Å². The first-order chi connectivity index (χ1) is 15.8. The second-order valence-electron chi connectivity index (χ2n) is 7.34. The van der Waals surface area contributed by atoms with Gasteiger partial charge in [-0.15, -0.1) is 0 Å². The summed E-state index contributed by atoms with van der Waals surface area (Å²) in [5, 5.41) is 13.3. The first kappa shape index (κ1) is 24.7. The maximum Gasteiger partial charge on any atom is 0.321 e. The van der Waals surface area contributed by atoms with Crippen molar-refractivity contribution < 1.29 is 23.1 Å². The number of benzene rings is 3. The fourth-order valence-corrected chi connectivity index (χ4v) is 4.42. The highest BCUT2D eigenvalue weighted by atomic mass is 35.5. The molecule has 33 heavy (non-hydrogen) atoms. The number of halogens is 1. The Hall–Kier alpha value is -2.91. The highest BCUT2D eigenvalue weighted by Gasteiger charge is 2.25. The van der Waals surface area contributed by atoms with E-state index in [1.807, 2.05) is 30.3 Å². The summed E-state index contributed by atoms with van der Waals surface area (Å²) < 4.78 is 33.3. The average molecular weight is 489 g/mol. The maximum absolute atomic E-state index is 12.7. The highest BCUT2D eigenvalue weighted by Crippen LogP contribution is 2.24. The van der Waals surface area contributed by atoms with E-state index in [0.29, 0.717) is 36.0 Å². The third kappa shape index (κ3) is 7.87. The van der Waals surface area contributed by atoms with Gasteiger partial charge in [-0.05, 0) is 73.5 Å². The number of carboxylic acids is 1. The quantitative estimate of drug-likeness (QED) is 0.326. The molecule has 0 aromatic heterocycles. The van der Waals surface area contributed by atoms with Crippen LogP contribution in [0.1, 0.15) is 18.4 Å². The molecule has 0 aliphatic rings. The molecule has 0 radical (unpaired) electrons. The molecule has 0 saturated carbocycles. The molecule has 3 aromatic rings. The second kappa shape index (κ2) is 11.8. The van der Waals surface area contributed by atoms with Gasteiger partial charge in [-0.2, -0.15) is 4.72 Å². The van der Waals surface area contributed by atoms with E-state index < -0.39 is 22.0 Å². The summed E-state index contributed by atoms with van der Waals surface area (Å²) in [6.45, 7) is 1.23. The van der Waals surface area contributed by atoms with Crippen LogP contribution < -0.4 is 14.8 Å². The number of carbonyl (C=O) groups is 1. The fourth-order valence-electron chi connectivity index (χ4n) is 3.07. The van der Waals surface area contributed by atoms with Gasteiger partial charge in [0.05, 0.1) is 4.90 Å². The molecule has 0 bridgehead atoms. The van der Waals surface area contributed by atoms with E-state index in [4.69, 9.17) is 16.3 Å². The van der Waals surface area contributed by atoms with Crippen molar-refractivity contribution in [2.75, 3.05) is 6.54 Å². The SMILES string of the molecule is O=C(O)[C@H](CCCNCc1ccccc1)NS(=O)(=O)c1ccc(Oc2ccc(Cl)cc2)cc1. The molecular weight excluding hydrogens is 464 g/mol. The number of nitrogens with one attached hydrogen (secondary N) is 2. The van der Waals surface area contributed by atoms with E-state index in [2.05, 4.69) is 10.0 Å². The average Bonchev–Trinajstić information content (AvgIpc) is 2.80. The van der Waals surface area contributed by atoms with Crippen LogP contribution in [-0.2, 0) is 21.4 Å². The number of rotatable bonds is 12. The molecule has 0 aliphatic carbocycles. The zero-order chi connectivity index (χ0) is 23.7. The number of ether oxygens (including phenoxy) is 1. The summed E-state index contributed by atoms with van der Waals surface area (Å²) in [6, 6.07) is 21.1. The topological polar surface area (TPSA) is 105 Å². The van der Waals surface area contributed by atoms with Crippen LogP contribution >= 0.6 is 11.6 Å². The Kier molecular flexibility index (Phi) is 8.85. The molecule has 0 unspecified atom stereocenters. The zero-order valence-corrected chi connectivity index (χ0v) is 19.4. The van der Waals surface area contributed by atoms with Crippen molar-refractivity contribution in [1.82, 2.24) is 10.0 Å². The molecule has 0 aliphatic heterocycles. The Morgan fingerprint density at radius 1 is 0.939 bits per heavy atom. The van der Waals surface area contributed by atoms with Gasteiger partial charge in [0.1, 0.15) is 17.5 Å². The van der Waals surface area contributed by atoms with Crippen LogP contribution in [-0.4, -0.2) is 32.1 Å². The van der Waals surface area contributed by atoms with Crippen molar-refractivity contribution in [3.63, 3.8) is 0 Å². The summed E-state index contributed by atoms with van der Waals surface area (Å²) in [5.41, 5.74) is 1.12. The highest BCUT2D eigenvalue weighted by molar-refractivity contribution is 7.89. The van der Waals surface area contributed by atoms with Gasteiger partial charge in [-0.3, -0.25) is 4.79 Å². The van der Waals surface area contributed by atoms with E-state index in [1.165, 1.54) is 24.3 Å².